The summed E-state index contributed by atoms with van der Waals surface area (Å²) in [4.78, 5) is 12.9. The number of nitrogens with two attached hydrogens (primary N) is 1. The number of nitrogen functional groups attached to an aromatic ring is 1. The Morgan fingerprint density at radius 1 is 1.09 bits per heavy atom. The molecule has 0 unspecified atom stereocenters. The molecule has 1 heterocycles. The number of benzene rings is 2. The van der Waals surface area contributed by atoms with Crippen molar-refractivity contribution < 1.29 is 9.53 Å². The number of rotatable bonds is 4. The molecule has 110 valence electrons. The van der Waals surface area contributed by atoms with Gasteiger partial charge in [0.25, 0.3) is 0 Å². The van der Waals surface area contributed by atoms with Gasteiger partial charge in [-0.15, -0.1) is 11.3 Å². The Bertz CT molecular complexity index is 809. The van der Waals surface area contributed by atoms with E-state index in [-0.39, 0.29) is 5.78 Å². The van der Waals surface area contributed by atoms with E-state index >= 15 is 0 Å². The Kier molecular flexibility index (Phi) is 3.94. The second-order valence-electron chi connectivity index (χ2n) is 4.82. The van der Waals surface area contributed by atoms with Crippen molar-refractivity contribution in [2.45, 2.75) is 0 Å². The Labute approximate surface area is 133 Å². The van der Waals surface area contributed by atoms with Crippen molar-refractivity contribution in [3.63, 3.8) is 0 Å². The first kappa shape index (κ1) is 14.4. The molecule has 0 aliphatic rings. The number of ketones is 1. The van der Waals surface area contributed by atoms with Gasteiger partial charge in [0, 0.05) is 16.5 Å². The number of hydrogen-bond acceptors (Lipinski definition) is 4. The summed E-state index contributed by atoms with van der Waals surface area (Å²) in [5.74, 6) is 0.567. The first-order chi connectivity index (χ1) is 10.7. The van der Waals surface area contributed by atoms with Crippen LogP contribution in [0.15, 0.2) is 60.0 Å². The summed E-state index contributed by atoms with van der Waals surface area (Å²) in [6.45, 7) is 0. The molecule has 0 atom stereocenters. The van der Waals surface area contributed by atoms with Gasteiger partial charge in [-0.1, -0.05) is 42.5 Å². The fourth-order valence-corrected chi connectivity index (χ4v) is 3.17. The number of anilines is 1. The van der Waals surface area contributed by atoms with Crippen molar-refractivity contribution in [3.05, 3.63) is 71.1 Å². The lowest BCUT2D eigenvalue weighted by Gasteiger charge is -2.07. The summed E-state index contributed by atoms with van der Waals surface area (Å²) in [6.07, 6.45) is 0. The lowest BCUT2D eigenvalue weighted by atomic mass is 9.97. The SMILES string of the molecule is COc1cccc(C(=O)c2c(-c3ccccc3)csc2N)c1. The third-order valence-corrected chi connectivity index (χ3v) is 4.27. The molecule has 0 fully saturated rings. The van der Waals surface area contributed by atoms with Crippen LogP contribution in [0, 0.1) is 0 Å². The van der Waals surface area contributed by atoms with E-state index in [0.29, 0.717) is 21.9 Å². The highest BCUT2D eigenvalue weighted by Crippen LogP contribution is 2.35. The van der Waals surface area contributed by atoms with Crippen LogP contribution in [0.1, 0.15) is 15.9 Å². The molecule has 0 saturated carbocycles. The van der Waals surface area contributed by atoms with Crippen LogP contribution in [0.25, 0.3) is 11.1 Å². The van der Waals surface area contributed by atoms with Crippen molar-refractivity contribution in [2.24, 2.45) is 0 Å². The van der Waals surface area contributed by atoms with Crippen LogP contribution in [-0.2, 0) is 0 Å². The minimum atomic E-state index is -0.0866. The predicted octanol–water partition coefficient (Wildman–Crippen LogP) is 4.24. The van der Waals surface area contributed by atoms with Gasteiger partial charge in [0.05, 0.1) is 17.7 Å². The molecular weight excluding hydrogens is 294 g/mol. The zero-order valence-corrected chi connectivity index (χ0v) is 12.9. The molecule has 0 spiro atoms. The molecule has 2 N–H and O–H groups in total. The fraction of sp³-hybridized carbons (Fsp3) is 0.0556. The molecule has 0 saturated heterocycles. The highest BCUT2D eigenvalue weighted by molar-refractivity contribution is 7.15. The molecule has 3 aromatic rings. The quantitative estimate of drug-likeness (QED) is 0.733. The first-order valence-corrected chi connectivity index (χ1v) is 7.70. The summed E-state index contributed by atoms with van der Waals surface area (Å²) >= 11 is 1.38. The molecule has 0 aliphatic heterocycles. The molecule has 0 aliphatic carbocycles. The van der Waals surface area contributed by atoms with Crippen LogP contribution in [-0.4, -0.2) is 12.9 Å². The zero-order chi connectivity index (χ0) is 15.5. The Hall–Kier alpha value is -2.59. The van der Waals surface area contributed by atoms with Crippen LogP contribution in [0.5, 0.6) is 5.75 Å². The van der Waals surface area contributed by atoms with E-state index in [4.69, 9.17) is 10.5 Å². The molecule has 22 heavy (non-hydrogen) atoms. The van der Waals surface area contributed by atoms with Crippen LogP contribution >= 0.6 is 11.3 Å². The van der Waals surface area contributed by atoms with Crippen molar-refractivity contribution in [1.82, 2.24) is 0 Å². The lowest BCUT2D eigenvalue weighted by Crippen LogP contribution is -2.04. The average Bonchev–Trinajstić information content (AvgIpc) is 2.96. The predicted molar refractivity (Wildman–Crippen MR) is 90.6 cm³/mol. The van der Waals surface area contributed by atoms with Gasteiger partial charge in [0.1, 0.15) is 5.75 Å². The van der Waals surface area contributed by atoms with E-state index in [1.54, 1.807) is 25.3 Å². The summed E-state index contributed by atoms with van der Waals surface area (Å²) in [7, 11) is 1.58. The highest BCUT2D eigenvalue weighted by atomic mass is 32.1. The summed E-state index contributed by atoms with van der Waals surface area (Å²) < 4.78 is 5.19. The average molecular weight is 309 g/mol. The first-order valence-electron chi connectivity index (χ1n) is 6.82. The van der Waals surface area contributed by atoms with Gasteiger partial charge in [-0.3, -0.25) is 4.79 Å². The topological polar surface area (TPSA) is 52.3 Å². The molecule has 0 amide bonds. The summed E-state index contributed by atoms with van der Waals surface area (Å²) in [6, 6.07) is 16.9. The molecule has 3 rings (SSSR count). The van der Waals surface area contributed by atoms with E-state index in [2.05, 4.69) is 0 Å². The number of methoxy groups -OCH3 is 1. The van der Waals surface area contributed by atoms with Crippen LogP contribution in [0.2, 0.25) is 0 Å². The largest absolute Gasteiger partial charge is 0.497 e. The second kappa shape index (κ2) is 6.03. The van der Waals surface area contributed by atoms with Gasteiger partial charge in [-0.25, -0.2) is 0 Å². The molecule has 4 heteroatoms. The number of ether oxygens (including phenoxy) is 1. The molecule has 2 aromatic carbocycles. The maximum absolute atomic E-state index is 12.9. The van der Waals surface area contributed by atoms with Gasteiger partial charge in [-0.2, -0.15) is 0 Å². The van der Waals surface area contributed by atoms with E-state index in [0.717, 1.165) is 11.1 Å². The van der Waals surface area contributed by atoms with Gasteiger partial charge in [-0.05, 0) is 17.7 Å². The van der Waals surface area contributed by atoms with Crippen LogP contribution < -0.4 is 10.5 Å². The normalized spacial score (nSPS) is 10.4. The van der Waals surface area contributed by atoms with Crippen molar-refractivity contribution in [2.75, 3.05) is 12.8 Å². The van der Waals surface area contributed by atoms with Gasteiger partial charge in [0.15, 0.2) is 5.78 Å². The third kappa shape index (κ3) is 2.61. The minimum absolute atomic E-state index is 0.0866. The van der Waals surface area contributed by atoms with E-state index in [1.165, 1.54) is 11.3 Å². The summed E-state index contributed by atoms with van der Waals surface area (Å²) in [5, 5.41) is 2.46. The Morgan fingerprint density at radius 2 is 1.86 bits per heavy atom. The van der Waals surface area contributed by atoms with Gasteiger partial charge < -0.3 is 10.5 Å². The van der Waals surface area contributed by atoms with E-state index in [9.17, 15) is 4.79 Å². The minimum Gasteiger partial charge on any atom is -0.497 e. The Morgan fingerprint density at radius 3 is 2.59 bits per heavy atom. The molecule has 1 aromatic heterocycles. The van der Waals surface area contributed by atoms with Gasteiger partial charge >= 0.3 is 0 Å². The number of thiophene rings is 1. The molecule has 3 nitrogen and oxygen atoms in total. The number of carbonyl (C=O) groups is 1. The van der Waals surface area contributed by atoms with E-state index < -0.39 is 0 Å². The standard InChI is InChI=1S/C18H15NO2S/c1-21-14-9-5-8-13(10-14)17(20)16-15(11-22-18(16)19)12-6-3-2-4-7-12/h2-11H,19H2,1H3. The maximum atomic E-state index is 12.9. The smallest absolute Gasteiger partial charge is 0.196 e. The van der Waals surface area contributed by atoms with Crippen molar-refractivity contribution in [3.8, 4) is 16.9 Å². The van der Waals surface area contributed by atoms with Crippen LogP contribution in [0.3, 0.4) is 0 Å². The third-order valence-electron chi connectivity index (χ3n) is 3.46. The second-order valence-corrected chi connectivity index (χ2v) is 5.73. The lowest BCUT2D eigenvalue weighted by molar-refractivity contribution is 0.104. The number of carbonyl (C=O) groups excluding carboxylic acids is 1. The molecular formula is C18H15NO2S. The van der Waals surface area contributed by atoms with Crippen LogP contribution in [0.4, 0.5) is 5.00 Å². The number of hydrogen-bond donors (Lipinski definition) is 1. The summed E-state index contributed by atoms with van der Waals surface area (Å²) in [5.41, 5.74) is 9.04. The highest BCUT2D eigenvalue weighted by Gasteiger charge is 2.20. The monoisotopic (exact) mass is 309 g/mol. The van der Waals surface area contributed by atoms with Crippen molar-refractivity contribution in [1.29, 1.82) is 0 Å². The van der Waals surface area contributed by atoms with Crippen molar-refractivity contribution >= 4 is 22.1 Å². The van der Waals surface area contributed by atoms with Gasteiger partial charge in [0.2, 0.25) is 0 Å². The molecule has 0 bridgehead atoms. The Balaban J connectivity index is 2.08. The zero-order valence-electron chi connectivity index (χ0n) is 12.1. The van der Waals surface area contributed by atoms with E-state index in [1.807, 2.05) is 41.8 Å². The molecule has 0 radical (unpaired) electrons. The fourth-order valence-electron chi connectivity index (χ4n) is 2.35. The maximum Gasteiger partial charge on any atom is 0.196 e.